The average molecular weight is 405 g/mol. The predicted molar refractivity (Wildman–Crippen MR) is 112 cm³/mol. The SMILES string of the molecule is COc1ccc(CC(C)NC(O)Cc2ccc(O)c3[nH]c(=O)ccc23)cc1.Cl. The molecule has 1 aromatic heterocycles. The van der Waals surface area contributed by atoms with Crippen molar-refractivity contribution >= 4 is 23.3 Å². The van der Waals surface area contributed by atoms with Gasteiger partial charge in [0, 0.05) is 23.9 Å². The molecular weight excluding hydrogens is 380 g/mol. The van der Waals surface area contributed by atoms with Crippen LogP contribution in [0.5, 0.6) is 11.5 Å². The molecule has 3 aromatic rings. The Kier molecular flexibility index (Phi) is 7.45. The fraction of sp³-hybridized carbons (Fsp3) is 0.286. The van der Waals surface area contributed by atoms with E-state index >= 15 is 0 Å². The van der Waals surface area contributed by atoms with Crippen molar-refractivity contribution in [2.75, 3.05) is 7.11 Å². The van der Waals surface area contributed by atoms with Crippen LogP contribution in [-0.2, 0) is 12.8 Å². The summed E-state index contributed by atoms with van der Waals surface area (Å²) in [4.78, 5) is 14.1. The van der Waals surface area contributed by atoms with Crippen LogP contribution in [0.3, 0.4) is 0 Å². The van der Waals surface area contributed by atoms with Crippen molar-refractivity contribution in [3.8, 4) is 11.5 Å². The number of benzene rings is 2. The van der Waals surface area contributed by atoms with Crippen LogP contribution in [-0.4, -0.2) is 34.6 Å². The maximum Gasteiger partial charge on any atom is 0.248 e. The summed E-state index contributed by atoms with van der Waals surface area (Å²) in [6.07, 6.45) is 0.374. The Bertz CT molecular complexity index is 972. The molecule has 7 heteroatoms. The van der Waals surface area contributed by atoms with Gasteiger partial charge in [-0.3, -0.25) is 10.1 Å². The van der Waals surface area contributed by atoms with Gasteiger partial charge in [0.2, 0.25) is 5.56 Å². The number of aromatic hydroxyl groups is 1. The number of phenolic OH excluding ortho intramolecular Hbond substituents is 1. The predicted octanol–water partition coefficient (Wildman–Crippen LogP) is 2.75. The Balaban J connectivity index is 0.00000280. The number of ether oxygens (including phenoxy) is 1. The fourth-order valence-corrected chi connectivity index (χ4v) is 3.24. The highest BCUT2D eigenvalue weighted by molar-refractivity contribution is 5.87. The molecule has 0 radical (unpaired) electrons. The number of pyridine rings is 1. The first-order valence-corrected chi connectivity index (χ1v) is 8.87. The molecule has 0 bridgehead atoms. The minimum atomic E-state index is -0.752. The molecule has 1 heterocycles. The van der Waals surface area contributed by atoms with Gasteiger partial charge in [-0.25, -0.2) is 0 Å². The number of hydrogen-bond acceptors (Lipinski definition) is 5. The molecule has 3 rings (SSSR count). The number of H-pyrrole nitrogens is 1. The Labute approximate surface area is 169 Å². The quantitative estimate of drug-likeness (QED) is 0.454. The van der Waals surface area contributed by atoms with Crippen molar-refractivity contribution in [2.24, 2.45) is 0 Å². The zero-order valence-electron chi connectivity index (χ0n) is 15.8. The molecule has 2 unspecified atom stereocenters. The Morgan fingerprint density at radius 3 is 2.46 bits per heavy atom. The minimum Gasteiger partial charge on any atom is -0.506 e. The summed E-state index contributed by atoms with van der Waals surface area (Å²) < 4.78 is 5.16. The highest BCUT2D eigenvalue weighted by atomic mass is 35.5. The zero-order valence-corrected chi connectivity index (χ0v) is 16.6. The monoisotopic (exact) mass is 404 g/mol. The van der Waals surface area contributed by atoms with Gasteiger partial charge < -0.3 is 19.9 Å². The third kappa shape index (κ3) is 5.25. The summed E-state index contributed by atoms with van der Waals surface area (Å²) in [7, 11) is 1.64. The number of aromatic amines is 1. The standard InChI is InChI=1S/C21H24N2O4.ClH/c1-13(11-14-3-6-16(27-2)7-4-14)22-20(26)12-15-5-9-18(24)21-17(15)8-10-19(25)23-21;/h3-10,13,20,22,24,26H,11-12H2,1-2H3,(H,23,25);1H. The van der Waals surface area contributed by atoms with Gasteiger partial charge in [-0.1, -0.05) is 18.2 Å². The highest BCUT2D eigenvalue weighted by Crippen LogP contribution is 2.25. The Morgan fingerprint density at radius 2 is 1.79 bits per heavy atom. The Morgan fingerprint density at radius 1 is 1.07 bits per heavy atom. The molecule has 6 nitrogen and oxygen atoms in total. The molecule has 0 spiro atoms. The molecule has 0 amide bonds. The van der Waals surface area contributed by atoms with E-state index in [4.69, 9.17) is 4.74 Å². The topological polar surface area (TPSA) is 94.6 Å². The van der Waals surface area contributed by atoms with Crippen LogP contribution >= 0.6 is 12.4 Å². The normalized spacial score (nSPS) is 13.0. The van der Waals surface area contributed by atoms with Crippen molar-refractivity contribution in [3.05, 3.63) is 70.0 Å². The second-order valence-electron chi connectivity index (χ2n) is 6.69. The van der Waals surface area contributed by atoms with Crippen LogP contribution in [0.25, 0.3) is 10.9 Å². The van der Waals surface area contributed by atoms with Crippen LogP contribution in [0.4, 0.5) is 0 Å². The maximum absolute atomic E-state index is 11.5. The third-order valence-corrected chi connectivity index (χ3v) is 4.55. The summed E-state index contributed by atoms with van der Waals surface area (Å²) >= 11 is 0. The van der Waals surface area contributed by atoms with Gasteiger partial charge in [-0.2, -0.15) is 0 Å². The van der Waals surface area contributed by atoms with E-state index in [9.17, 15) is 15.0 Å². The van der Waals surface area contributed by atoms with Gasteiger partial charge in [0.1, 0.15) is 17.7 Å². The van der Waals surface area contributed by atoms with Crippen LogP contribution in [0.2, 0.25) is 0 Å². The van der Waals surface area contributed by atoms with Gasteiger partial charge in [0.15, 0.2) is 0 Å². The molecule has 0 aliphatic heterocycles. The number of methoxy groups -OCH3 is 1. The summed E-state index contributed by atoms with van der Waals surface area (Å²) in [5.41, 5.74) is 2.10. The summed E-state index contributed by atoms with van der Waals surface area (Å²) in [5.74, 6) is 0.832. The first-order valence-electron chi connectivity index (χ1n) is 8.87. The lowest BCUT2D eigenvalue weighted by Crippen LogP contribution is -2.39. The van der Waals surface area contributed by atoms with Crippen molar-refractivity contribution in [2.45, 2.75) is 32.0 Å². The maximum atomic E-state index is 11.5. The zero-order chi connectivity index (χ0) is 19.4. The van der Waals surface area contributed by atoms with Gasteiger partial charge in [0.25, 0.3) is 0 Å². The van der Waals surface area contributed by atoms with Gasteiger partial charge in [-0.05, 0) is 48.7 Å². The molecule has 0 saturated carbocycles. The number of fused-ring (bicyclic) bond motifs is 1. The van der Waals surface area contributed by atoms with E-state index in [1.807, 2.05) is 31.2 Å². The van der Waals surface area contributed by atoms with E-state index in [-0.39, 0.29) is 29.8 Å². The van der Waals surface area contributed by atoms with Crippen LogP contribution < -0.4 is 15.6 Å². The molecule has 2 atom stereocenters. The van der Waals surface area contributed by atoms with Crippen LogP contribution in [0.15, 0.2) is 53.3 Å². The van der Waals surface area contributed by atoms with E-state index < -0.39 is 6.23 Å². The first kappa shape index (κ1) is 21.8. The minimum absolute atomic E-state index is 0. The average Bonchev–Trinajstić information content (AvgIpc) is 2.64. The number of aromatic nitrogens is 1. The summed E-state index contributed by atoms with van der Waals surface area (Å²) in [6.45, 7) is 2.01. The second kappa shape index (κ2) is 9.59. The first-order chi connectivity index (χ1) is 13.0. The number of hydrogen-bond donors (Lipinski definition) is 4. The number of aliphatic hydroxyl groups excluding tert-OH is 1. The highest BCUT2D eigenvalue weighted by Gasteiger charge is 2.13. The molecule has 0 saturated heterocycles. The van der Waals surface area contributed by atoms with E-state index in [0.717, 1.165) is 28.7 Å². The molecule has 0 aliphatic carbocycles. The van der Waals surface area contributed by atoms with E-state index in [2.05, 4.69) is 10.3 Å². The lowest BCUT2D eigenvalue weighted by molar-refractivity contribution is 0.125. The fourth-order valence-electron chi connectivity index (χ4n) is 3.24. The summed E-state index contributed by atoms with van der Waals surface area (Å²) in [6, 6.07) is 14.3. The van der Waals surface area contributed by atoms with E-state index in [1.54, 1.807) is 19.2 Å². The number of halogens is 1. The molecule has 0 fully saturated rings. The number of rotatable bonds is 7. The second-order valence-corrected chi connectivity index (χ2v) is 6.69. The van der Waals surface area contributed by atoms with Crippen molar-refractivity contribution in [3.63, 3.8) is 0 Å². The van der Waals surface area contributed by atoms with E-state index in [0.29, 0.717) is 11.9 Å². The molecular formula is C21H25ClN2O4. The van der Waals surface area contributed by atoms with Crippen molar-refractivity contribution < 1.29 is 14.9 Å². The van der Waals surface area contributed by atoms with Crippen molar-refractivity contribution in [1.29, 1.82) is 0 Å². The molecule has 4 N–H and O–H groups in total. The number of nitrogens with one attached hydrogen (secondary N) is 2. The smallest absolute Gasteiger partial charge is 0.248 e. The van der Waals surface area contributed by atoms with Gasteiger partial charge >= 0.3 is 0 Å². The number of phenols is 1. The van der Waals surface area contributed by atoms with Crippen LogP contribution in [0.1, 0.15) is 18.1 Å². The molecule has 2 aromatic carbocycles. The van der Waals surface area contributed by atoms with E-state index in [1.165, 1.54) is 12.1 Å². The number of aliphatic hydroxyl groups is 1. The molecule has 0 aliphatic rings. The lowest BCUT2D eigenvalue weighted by Gasteiger charge is -2.20. The largest absolute Gasteiger partial charge is 0.506 e. The van der Waals surface area contributed by atoms with Crippen LogP contribution in [0, 0.1) is 0 Å². The Hall–Kier alpha value is -2.54. The lowest BCUT2D eigenvalue weighted by atomic mass is 10.0. The van der Waals surface area contributed by atoms with Gasteiger partial charge in [-0.15, -0.1) is 12.4 Å². The third-order valence-electron chi connectivity index (χ3n) is 4.55. The van der Waals surface area contributed by atoms with Crippen molar-refractivity contribution in [1.82, 2.24) is 10.3 Å². The molecule has 150 valence electrons. The van der Waals surface area contributed by atoms with Gasteiger partial charge in [0.05, 0.1) is 12.6 Å². The molecule has 28 heavy (non-hydrogen) atoms. The summed E-state index contributed by atoms with van der Waals surface area (Å²) in [5, 5.41) is 24.3.